The molecule has 0 bridgehead atoms. The third kappa shape index (κ3) is 3.21. The van der Waals surface area contributed by atoms with Gasteiger partial charge in [-0.3, -0.25) is 4.79 Å². The number of nitrogen functional groups attached to an aromatic ring is 1. The van der Waals surface area contributed by atoms with E-state index in [0.29, 0.717) is 24.9 Å². The molecule has 0 saturated carbocycles. The van der Waals surface area contributed by atoms with Crippen molar-refractivity contribution in [3.05, 3.63) is 0 Å². The zero-order chi connectivity index (χ0) is 13.8. The predicted octanol–water partition coefficient (Wildman–Crippen LogP) is -0.400. The smallest absolute Gasteiger partial charge is 0.231 e. The topological polar surface area (TPSA) is 109 Å². The van der Waals surface area contributed by atoms with Crippen molar-refractivity contribution < 1.29 is 4.79 Å². The maximum absolute atomic E-state index is 11.1. The number of aromatic nitrogens is 3. The van der Waals surface area contributed by atoms with Gasteiger partial charge in [0, 0.05) is 26.1 Å². The van der Waals surface area contributed by atoms with Crippen LogP contribution in [0.2, 0.25) is 0 Å². The lowest BCUT2D eigenvalue weighted by Gasteiger charge is -2.19. The van der Waals surface area contributed by atoms with E-state index in [9.17, 15) is 4.79 Å². The summed E-state index contributed by atoms with van der Waals surface area (Å²) in [6, 6.07) is -0.00106. The molecule has 1 aromatic heterocycles. The van der Waals surface area contributed by atoms with Gasteiger partial charge in [-0.1, -0.05) is 0 Å². The minimum Gasteiger partial charge on any atom is -0.368 e. The van der Waals surface area contributed by atoms with Gasteiger partial charge in [0.25, 0.3) is 0 Å². The summed E-state index contributed by atoms with van der Waals surface area (Å²) in [5.41, 5.74) is 5.70. The Hall–Kier alpha value is -2.12. The van der Waals surface area contributed by atoms with Crippen LogP contribution in [-0.4, -0.2) is 46.5 Å². The first-order chi connectivity index (χ1) is 9.12. The normalized spacial score (nSPS) is 18.2. The van der Waals surface area contributed by atoms with E-state index in [1.54, 1.807) is 0 Å². The van der Waals surface area contributed by atoms with E-state index in [2.05, 4.69) is 25.6 Å². The number of hydrogen-bond donors (Lipinski definition) is 3. The zero-order valence-electron chi connectivity index (χ0n) is 11.2. The highest BCUT2D eigenvalue weighted by Crippen LogP contribution is 2.13. The maximum Gasteiger partial charge on any atom is 0.231 e. The van der Waals surface area contributed by atoms with Crippen molar-refractivity contribution >= 4 is 23.8 Å². The summed E-state index contributed by atoms with van der Waals surface area (Å²) in [6.07, 6.45) is 0.423. The SMILES string of the molecule is CCN(CC)c1nc(N)nc(NC2CNC(=O)C2)n1. The second-order valence-corrected chi connectivity index (χ2v) is 4.34. The van der Waals surface area contributed by atoms with Crippen molar-refractivity contribution in [3.63, 3.8) is 0 Å². The third-order valence-corrected chi connectivity index (χ3v) is 3.00. The molecule has 1 unspecified atom stereocenters. The van der Waals surface area contributed by atoms with Crippen LogP contribution in [0.15, 0.2) is 0 Å². The fourth-order valence-electron chi connectivity index (χ4n) is 1.98. The Morgan fingerprint density at radius 3 is 2.68 bits per heavy atom. The molecular weight excluding hydrogens is 246 g/mol. The molecule has 1 fully saturated rings. The first-order valence-electron chi connectivity index (χ1n) is 6.42. The predicted molar refractivity (Wildman–Crippen MR) is 72.8 cm³/mol. The van der Waals surface area contributed by atoms with Crippen molar-refractivity contribution in [2.24, 2.45) is 0 Å². The Balaban J connectivity index is 2.14. The lowest BCUT2D eigenvalue weighted by atomic mass is 10.3. The molecule has 0 aromatic carbocycles. The molecule has 1 saturated heterocycles. The van der Waals surface area contributed by atoms with Crippen LogP contribution in [0.1, 0.15) is 20.3 Å². The highest BCUT2D eigenvalue weighted by molar-refractivity contribution is 5.79. The molecule has 2 rings (SSSR count). The van der Waals surface area contributed by atoms with E-state index >= 15 is 0 Å². The van der Waals surface area contributed by atoms with E-state index < -0.39 is 0 Å². The minimum atomic E-state index is -0.00106. The lowest BCUT2D eigenvalue weighted by molar-refractivity contribution is -0.119. The highest BCUT2D eigenvalue weighted by Gasteiger charge is 2.22. The highest BCUT2D eigenvalue weighted by atomic mass is 16.1. The van der Waals surface area contributed by atoms with Gasteiger partial charge in [0.1, 0.15) is 0 Å². The number of amides is 1. The fourth-order valence-corrected chi connectivity index (χ4v) is 1.98. The number of nitrogens with one attached hydrogen (secondary N) is 2. The largest absolute Gasteiger partial charge is 0.368 e. The number of carbonyl (C=O) groups is 1. The Morgan fingerprint density at radius 2 is 2.11 bits per heavy atom. The average molecular weight is 265 g/mol. The lowest BCUT2D eigenvalue weighted by Crippen LogP contribution is -2.27. The molecule has 19 heavy (non-hydrogen) atoms. The average Bonchev–Trinajstić information content (AvgIpc) is 2.75. The summed E-state index contributed by atoms with van der Waals surface area (Å²) >= 11 is 0. The summed E-state index contributed by atoms with van der Waals surface area (Å²) in [4.78, 5) is 25.6. The molecular formula is C11H19N7O. The van der Waals surface area contributed by atoms with Crippen LogP contribution in [0.3, 0.4) is 0 Å². The van der Waals surface area contributed by atoms with Gasteiger partial charge in [0.15, 0.2) is 0 Å². The Kier molecular flexibility index (Phi) is 3.98. The molecule has 1 aliphatic heterocycles. The van der Waals surface area contributed by atoms with E-state index in [0.717, 1.165) is 13.1 Å². The molecule has 1 aromatic rings. The van der Waals surface area contributed by atoms with Gasteiger partial charge >= 0.3 is 0 Å². The van der Waals surface area contributed by atoms with Crippen LogP contribution in [0.4, 0.5) is 17.8 Å². The van der Waals surface area contributed by atoms with Crippen LogP contribution < -0.4 is 21.3 Å². The van der Waals surface area contributed by atoms with Gasteiger partial charge in [-0.2, -0.15) is 15.0 Å². The van der Waals surface area contributed by atoms with Crippen LogP contribution >= 0.6 is 0 Å². The molecule has 1 aliphatic rings. The Bertz CT molecular complexity index is 460. The molecule has 1 atom stereocenters. The van der Waals surface area contributed by atoms with Crippen molar-refractivity contribution in [1.29, 1.82) is 0 Å². The monoisotopic (exact) mass is 265 g/mol. The standard InChI is InChI=1S/C11H19N7O/c1-3-18(4-2)11-16-9(12)15-10(17-11)14-7-5-8(19)13-6-7/h7H,3-6H2,1-2H3,(H,13,19)(H3,12,14,15,16,17). The van der Waals surface area contributed by atoms with E-state index in [1.807, 2.05) is 18.7 Å². The Morgan fingerprint density at radius 1 is 1.37 bits per heavy atom. The van der Waals surface area contributed by atoms with Gasteiger partial charge in [0.2, 0.25) is 23.8 Å². The van der Waals surface area contributed by atoms with Gasteiger partial charge in [-0.15, -0.1) is 0 Å². The van der Waals surface area contributed by atoms with Crippen molar-refractivity contribution in [3.8, 4) is 0 Å². The van der Waals surface area contributed by atoms with Crippen molar-refractivity contribution in [2.75, 3.05) is 35.6 Å². The van der Waals surface area contributed by atoms with Crippen LogP contribution in [0.25, 0.3) is 0 Å². The van der Waals surface area contributed by atoms with E-state index in [-0.39, 0.29) is 17.9 Å². The number of carbonyl (C=O) groups excluding carboxylic acids is 1. The molecule has 0 radical (unpaired) electrons. The van der Waals surface area contributed by atoms with Gasteiger partial charge in [-0.25, -0.2) is 0 Å². The maximum atomic E-state index is 11.1. The molecule has 1 amide bonds. The van der Waals surface area contributed by atoms with Crippen LogP contribution in [0, 0.1) is 0 Å². The second-order valence-electron chi connectivity index (χ2n) is 4.34. The fraction of sp³-hybridized carbons (Fsp3) is 0.636. The van der Waals surface area contributed by atoms with Crippen LogP contribution in [-0.2, 0) is 4.79 Å². The molecule has 0 spiro atoms. The van der Waals surface area contributed by atoms with Crippen molar-refractivity contribution in [1.82, 2.24) is 20.3 Å². The van der Waals surface area contributed by atoms with Gasteiger partial charge in [0.05, 0.1) is 6.04 Å². The first-order valence-corrected chi connectivity index (χ1v) is 6.42. The summed E-state index contributed by atoms with van der Waals surface area (Å²) < 4.78 is 0. The number of nitrogens with zero attached hydrogens (tertiary/aromatic N) is 4. The molecule has 104 valence electrons. The zero-order valence-corrected chi connectivity index (χ0v) is 11.2. The molecule has 0 aliphatic carbocycles. The number of rotatable bonds is 5. The molecule has 4 N–H and O–H groups in total. The van der Waals surface area contributed by atoms with E-state index in [1.165, 1.54) is 0 Å². The minimum absolute atomic E-state index is 0.00106. The quantitative estimate of drug-likeness (QED) is 0.664. The summed E-state index contributed by atoms with van der Waals surface area (Å²) in [7, 11) is 0. The molecule has 8 heteroatoms. The summed E-state index contributed by atoms with van der Waals surface area (Å²) in [5.74, 6) is 1.17. The van der Waals surface area contributed by atoms with Crippen LogP contribution in [0.5, 0.6) is 0 Å². The number of hydrogen-bond acceptors (Lipinski definition) is 7. The molecule has 2 heterocycles. The Labute approximate surface area is 111 Å². The van der Waals surface area contributed by atoms with E-state index in [4.69, 9.17) is 5.73 Å². The number of nitrogens with two attached hydrogens (primary N) is 1. The summed E-state index contributed by atoms with van der Waals surface area (Å²) in [6.45, 7) is 6.21. The summed E-state index contributed by atoms with van der Waals surface area (Å²) in [5, 5.41) is 5.85. The number of anilines is 3. The van der Waals surface area contributed by atoms with Gasteiger partial charge < -0.3 is 21.3 Å². The third-order valence-electron chi connectivity index (χ3n) is 3.00. The first kappa shape index (κ1) is 13.3. The van der Waals surface area contributed by atoms with Gasteiger partial charge in [-0.05, 0) is 13.8 Å². The molecule has 8 nitrogen and oxygen atoms in total. The van der Waals surface area contributed by atoms with Crippen molar-refractivity contribution in [2.45, 2.75) is 26.3 Å². The second kappa shape index (κ2) is 5.68.